The van der Waals surface area contributed by atoms with Crippen molar-refractivity contribution in [3.05, 3.63) is 0 Å². The molecule has 1 heterocycles. The number of amides is 1. The Morgan fingerprint density at radius 3 is 2.73 bits per heavy atom. The molecule has 1 amide bonds. The van der Waals surface area contributed by atoms with E-state index in [1.165, 1.54) is 4.90 Å². The van der Waals surface area contributed by atoms with Gasteiger partial charge in [-0.05, 0) is 6.92 Å². The smallest absolute Gasteiger partial charge is 0.410 e. The van der Waals surface area contributed by atoms with Crippen LogP contribution in [0.2, 0.25) is 0 Å². The van der Waals surface area contributed by atoms with E-state index in [9.17, 15) is 9.59 Å². The second-order valence-electron chi connectivity index (χ2n) is 3.58. The van der Waals surface area contributed by atoms with Crippen LogP contribution < -0.4 is 0 Å². The number of rotatable bonds is 2. The molecular formula is C10H14N2O3. The molecule has 5 heteroatoms. The number of carbonyl (C=O) groups excluding carboxylic acids is 2. The number of Topliss-reactive ketones (excluding diaryl/α,β-unsaturated/α-hetero) is 1. The highest BCUT2D eigenvalue weighted by Gasteiger charge is 2.22. The van der Waals surface area contributed by atoms with Crippen molar-refractivity contribution in [2.75, 3.05) is 13.1 Å². The molecule has 0 bridgehead atoms. The Kier molecular flexibility index (Phi) is 4.10. The van der Waals surface area contributed by atoms with E-state index in [1.807, 2.05) is 6.07 Å². The van der Waals surface area contributed by atoms with Crippen molar-refractivity contribution in [3.8, 4) is 6.07 Å². The minimum absolute atomic E-state index is 0.184. The molecule has 1 aliphatic heterocycles. The molecule has 1 saturated heterocycles. The third kappa shape index (κ3) is 3.58. The van der Waals surface area contributed by atoms with Gasteiger partial charge in [-0.15, -0.1) is 0 Å². The lowest BCUT2D eigenvalue weighted by Crippen LogP contribution is -2.40. The Morgan fingerprint density at radius 1 is 1.60 bits per heavy atom. The van der Waals surface area contributed by atoms with Crippen LogP contribution in [0, 0.1) is 11.3 Å². The number of piperidine rings is 1. The molecule has 1 unspecified atom stereocenters. The van der Waals surface area contributed by atoms with Gasteiger partial charge in [0.1, 0.15) is 11.9 Å². The van der Waals surface area contributed by atoms with Crippen molar-refractivity contribution in [1.29, 1.82) is 5.26 Å². The topological polar surface area (TPSA) is 70.4 Å². The van der Waals surface area contributed by atoms with E-state index in [4.69, 9.17) is 10.00 Å². The van der Waals surface area contributed by atoms with Gasteiger partial charge in [0.05, 0.1) is 12.5 Å². The molecule has 15 heavy (non-hydrogen) atoms. The summed E-state index contributed by atoms with van der Waals surface area (Å²) in [6, 6.07) is 1.93. The van der Waals surface area contributed by atoms with Gasteiger partial charge in [-0.1, -0.05) is 0 Å². The number of hydrogen-bond donors (Lipinski definition) is 0. The molecule has 1 fully saturated rings. The first-order valence-electron chi connectivity index (χ1n) is 4.97. The van der Waals surface area contributed by atoms with Crippen LogP contribution >= 0.6 is 0 Å². The fourth-order valence-electron chi connectivity index (χ4n) is 1.36. The first-order valence-corrected chi connectivity index (χ1v) is 4.97. The molecule has 5 nitrogen and oxygen atoms in total. The van der Waals surface area contributed by atoms with Crippen molar-refractivity contribution in [2.24, 2.45) is 0 Å². The zero-order chi connectivity index (χ0) is 11.3. The van der Waals surface area contributed by atoms with Crippen LogP contribution in [0.15, 0.2) is 0 Å². The number of ether oxygens (including phenoxy) is 1. The summed E-state index contributed by atoms with van der Waals surface area (Å²) in [4.78, 5) is 23.9. The molecule has 0 N–H and O–H groups in total. The van der Waals surface area contributed by atoms with Crippen molar-refractivity contribution >= 4 is 11.9 Å². The van der Waals surface area contributed by atoms with Gasteiger partial charge in [0.15, 0.2) is 0 Å². The number of ketones is 1. The zero-order valence-corrected chi connectivity index (χ0v) is 8.73. The second kappa shape index (κ2) is 5.35. The molecule has 1 aliphatic rings. The maximum atomic E-state index is 11.5. The minimum Gasteiger partial charge on any atom is -0.445 e. The number of carbonyl (C=O) groups is 2. The monoisotopic (exact) mass is 210 g/mol. The van der Waals surface area contributed by atoms with Crippen molar-refractivity contribution in [1.82, 2.24) is 4.90 Å². The lowest BCUT2D eigenvalue weighted by molar-refractivity contribution is -0.121. The number of likely N-dealkylation sites (tertiary alicyclic amines) is 1. The van der Waals surface area contributed by atoms with E-state index in [0.29, 0.717) is 25.9 Å². The average Bonchev–Trinajstić information content (AvgIpc) is 2.18. The third-order valence-electron chi connectivity index (χ3n) is 2.26. The van der Waals surface area contributed by atoms with E-state index in [0.717, 1.165) is 0 Å². The molecule has 1 rings (SSSR count). The second-order valence-corrected chi connectivity index (χ2v) is 3.58. The van der Waals surface area contributed by atoms with Crippen LogP contribution in [0.1, 0.15) is 26.2 Å². The SMILES string of the molecule is CC(CC#N)OC(=O)N1CCC(=O)CC1. The first-order chi connectivity index (χ1) is 7.13. The van der Waals surface area contributed by atoms with Gasteiger partial charge in [0.25, 0.3) is 0 Å². The van der Waals surface area contributed by atoms with Gasteiger partial charge >= 0.3 is 6.09 Å². The number of nitriles is 1. The number of hydrogen-bond acceptors (Lipinski definition) is 4. The standard InChI is InChI=1S/C10H14N2O3/c1-8(2-5-11)15-10(14)12-6-3-9(13)4-7-12/h8H,2-4,6-7H2,1H3. The lowest BCUT2D eigenvalue weighted by atomic mass is 10.1. The third-order valence-corrected chi connectivity index (χ3v) is 2.26. The predicted molar refractivity (Wildman–Crippen MR) is 52.0 cm³/mol. The Labute approximate surface area is 88.6 Å². The molecule has 0 saturated carbocycles. The summed E-state index contributed by atoms with van der Waals surface area (Å²) >= 11 is 0. The first kappa shape index (κ1) is 11.5. The Morgan fingerprint density at radius 2 is 2.20 bits per heavy atom. The fraction of sp³-hybridized carbons (Fsp3) is 0.700. The van der Waals surface area contributed by atoms with E-state index in [-0.39, 0.29) is 18.3 Å². The predicted octanol–water partition coefficient (Wildman–Crippen LogP) is 1.09. The highest BCUT2D eigenvalue weighted by Crippen LogP contribution is 2.09. The van der Waals surface area contributed by atoms with Crippen molar-refractivity contribution in [3.63, 3.8) is 0 Å². The lowest BCUT2D eigenvalue weighted by Gasteiger charge is -2.26. The zero-order valence-electron chi connectivity index (χ0n) is 8.73. The average molecular weight is 210 g/mol. The van der Waals surface area contributed by atoms with Gasteiger partial charge in [-0.25, -0.2) is 4.79 Å². The van der Waals surface area contributed by atoms with Crippen LogP contribution in [0.25, 0.3) is 0 Å². The summed E-state index contributed by atoms with van der Waals surface area (Å²) in [7, 11) is 0. The van der Waals surface area contributed by atoms with E-state index < -0.39 is 6.09 Å². The number of nitrogens with zero attached hydrogens (tertiary/aromatic N) is 2. The van der Waals surface area contributed by atoms with Gasteiger partial charge < -0.3 is 9.64 Å². The van der Waals surface area contributed by atoms with Crippen LogP contribution in [-0.4, -0.2) is 36.0 Å². The molecular weight excluding hydrogens is 196 g/mol. The summed E-state index contributed by atoms with van der Waals surface area (Å²) in [5.41, 5.74) is 0. The summed E-state index contributed by atoms with van der Waals surface area (Å²) in [6.07, 6.45) is 0.187. The van der Waals surface area contributed by atoms with E-state index in [1.54, 1.807) is 6.92 Å². The summed E-state index contributed by atoms with van der Waals surface area (Å²) in [5.74, 6) is 0.184. The van der Waals surface area contributed by atoms with E-state index >= 15 is 0 Å². The van der Waals surface area contributed by atoms with Crippen LogP contribution in [-0.2, 0) is 9.53 Å². The highest BCUT2D eigenvalue weighted by molar-refractivity contribution is 5.81. The molecule has 0 radical (unpaired) electrons. The van der Waals surface area contributed by atoms with Gasteiger partial charge in [-0.2, -0.15) is 5.26 Å². The summed E-state index contributed by atoms with van der Waals surface area (Å²) < 4.78 is 5.02. The van der Waals surface area contributed by atoms with Gasteiger partial charge in [0.2, 0.25) is 0 Å². The van der Waals surface area contributed by atoms with Gasteiger partial charge in [0, 0.05) is 25.9 Å². The normalized spacial score (nSPS) is 18.1. The van der Waals surface area contributed by atoms with Crippen LogP contribution in [0.5, 0.6) is 0 Å². The largest absolute Gasteiger partial charge is 0.445 e. The molecule has 0 aliphatic carbocycles. The Hall–Kier alpha value is -1.57. The maximum Gasteiger partial charge on any atom is 0.410 e. The van der Waals surface area contributed by atoms with Crippen molar-refractivity contribution < 1.29 is 14.3 Å². The van der Waals surface area contributed by atoms with Gasteiger partial charge in [-0.3, -0.25) is 4.79 Å². The molecule has 0 aromatic heterocycles. The molecule has 0 aromatic rings. The Balaban J connectivity index is 2.34. The van der Waals surface area contributed by atoms with Crippen molar-refractivity contribution in [2.45, 2.75) is 32.3 Å². The minimum atomic E-state index is -0.426. The Bertz CT molecular complexity index is 286. The molecule has 0 spiro atoms. The molecule has 82 valence electrons. The van der Waals surface area contributed by atoms with Crippen LogP contribution in [0.3, 0.4) is 0 Å². The highest BCUT2D eigenvalue weighted by atomic mass is 16.6. The fourth-order valence-corrected chi connectivity index (χ4v) is 1.36. The molecule has 1 atom stereocenters. The summed E-state index contributed by atoms with van der Waals surface area (Å²) in [6.45, 7) is 2.53. The van der Waals surface area contributed by atoms with E-state index in [2.05, 4.69) is 0 Å². The maximum absolute atomic E-state index is 11.5. The molecule has 0 aromatic carbocycles. The van der Waals surface area contributed by atoms with Crippen LogP contribution in [0.4, 0.5) is 4.79 Å². The summed E-state index contributed by atoms with van der Waals surface area (Å²) in [5, 5.41) is 8.40. The quantitative estimate of drug-likeness (QED) is 0.684.